The maximum atomic E-state index is 12.8. The Hall–Kier alpha value is -1.55. The zero-order valence-corrected chi connectivity index (χ0v) is 15.2. The first kappa shape index (κ1) is 16.9. The molecule has 2 unspecified atom stereocenters. The van der Waals surface area contributed by atoms with Gasteiger partial charge in [0.2, 0.25) is 0 Å². The lowest BCUT2D eigenvalue weighted by atomic mass is 9.48. The quantitative estimate of drug-likeness (QED) is 0.655. The Morgan fingerprint density at radius 2 is 1.76 bits per heavy atom. The molecule has 4 aliphatic rings. The fraction of sp³-hybridized carbons (Fsp3) is 0.667. The van der Waals surface area contributed by atoms with Crippen LogP contribution in [0.2, 0.25) is 0 Å². The zero-order chi connectivity index (χ0) is 17.7. The summed E-state index contributed by atoms with van der Waals surface area (Å²) in [5, 5.41) is 10.8. The normalized spacial score (nSPS) is 35.6. The highest BCUT2D eigenvalue weighted by molar-refractivity contribution is 5.77. The average molecular weight is 344 g/mol. The van der Waals surface area contributed by atoms with E-state index in [1.165, 1.54) is 6.42 Å². The number of ether oxygens (including phenoxy) is 2. The Morgan fingerprint density at radius 1 is 1.12 bits per heavy atom. The number of aliphatic hydroxyl groups is 1. The molecule has 4 aliphatic carbocycles. The molecule has 0 saturated heterocycles. The fourth-order valence-corrected chi connectivity index (χ4v) is 5.91. The molecule has 136 valence electrons. The largest absolute Gasteiger partial charge is 0.489 e. The summed E-state index contributed by atoms with van der Waals surface area (Å²) in [4.78, 5) is 12.8. The number of benzene rings is 1. The van der Waals surface area contributed by atoms with E-state index in [0.29, 0.717) is 24.9 Å². The van der Waals surface area contributed by atoms with Gasteiger partial charge in [0.1, 0.15) is 19.0 Å². The van der Waals surface area contributed by atoms with Crippen molar-refractivity contribution in [3.05, 3.63) is 29.3 Å². The van der Waals surface area contributed by atoms with Crippen LogP contribution < -0.4 is 4.74 Å². The van der Waals surface area contributed by atoms with Gasteiger partial charge >= 0.3 is 5.97 Å². The van der Waals surface area contributed by atoms with E-state index in [2.05, 4.69) is 0 Å². The van der Waals surface area contributed by atoms with Gasteiger partial charge in [-0.3, -0.25) is 4.79 Å². The van der Waals surface area contributed by atoms with Crippen molar-refractivity contribution in [3.8, 4) is 5.75 Å². The van der Waals surface area contributed by atoms with E-state index in [1.807, 2.05) is 32.0 Å². The van der Waals surface area contributed by atoms with Gasteiger partial charge in [-0.15, -0.1) is 0 Å². The molecule has 4 heteroatoms. The van der Waals surface area contributed by atoms with Gasteiger partial charge in [0.25, 0.3) is 0 Å². The summed E-state index contributed by atoms with van der Waals surface area (Å²) >= 11 is 0. The molecule has 5 rings (SSSR count). The lowest BCUT2D eigenvalue weighted by molar-refractivity contribution is -0.196. The molecule has 0 amide bonds. The number of carbonyl (C=O) groups is 1. The van der Waals surface area contributed by atoms with E-state index in [4.69, 9.17) is 9.47 Å². The summed E-state index contributed by atoms with van der Waals surface area (Å²) in [5.41, 5.74) is 1.11. The molecule has 4 nitrogen and oxygen atoms in total. The summed E-state index contributed by atoms with van der Waals surface area (Å²) in [6.45, 7) is 4.67. The second-order valence-electron chi connectivity index (χ2n) is 8.67. The summed E-state index contributed by atoms with van der Waals surface area (Å²) < 4.78 is 11.4. The summed E-state index contributed by atoms with van der Waals surface area (Å²) in [6, 6.07) is 6.05. The van der Waals surface area contributed by atoms with Gasteiger partial charge in [-0.2, -0.15) is 0 Å². The highest BCUT2D eigenvalue weighted by atomic mass is 16.6. The monoisotopic (exact) mass is 344 g/mol. The molecule has 4 fully saturated rings. The molecule has 0 aliphatic heterocycles. The third-order valence-corrected chi connectivity index (χ3v) is 6.43. The van der Waals surface area contributed by atoms with Gasteiger partial charge < -0.3 is 14.6 Å². The van der Waals surface area contributed by atoms with Crippen LogP contribution in [0.5, 0.6) is 5.75 Å². The Bertz CT molecular complexity index is 646. The molecule has 1 N–H and O–H groups in total. The van der Waals surface area contributed by atoms with E-state index in [9.17, 15) is 9.90 Å². The van der Waals surface area contributed by atoms with Crippen molar-refractivity contribution in [3.63, 3.8) is 0 Å². The van der Waals surface area contributed by atoms with Crippen LogP contribution in [0.4, 0.5) is 0 Å². The van der Waals surface area contributed by atoms with Gasteiger partial charge in [-0.25, -0.2) is 0 Å². The smallest absolute Gasteiger partial charge is 0.312 e. The van der Waals surface area contributed by atoms with Crippen LogP contribution in [0.3, 0.4) is 0 Å². The molecule has 0 heterocycles. The summed E-state index contributed by atoms with van der Waals surface area (Å²) in [6.07, 6.45) is 5.28. The molecule has 4 bridgehead atoms. The Kier molecular flexibility index (Phi) is 4.06. The third-order valence-electron chi connectivity index (χ3n) is 6.43. The van der Waals surface area contributed by atoms with Crippen molar-refractivity contribution in [2.24, 2.45) is 17.3 Å². The molecule has 0 radical (unpaired) electrons. The van der Waals surface area contributed by atoms with Crippen LogP contribution in [0, 0.1) is 31.1 Å². The lowest BCUT2D eigenvalue weighted by Crippen LogP contribution is -2.58. The SMILES string of the molecule is Cc1cccc(C)c1OCCOC(=O)C12CC3CC(CC(O)(C3)C1)C2. The molecule has 1 aromatic rings. The van der Waals surface area contributed by atoms with Crippen LogP contribution in [0.1, 0.15) is 49.7 Å². The lowest BCUT2D eigenvalue weighted by Gasteiger charge is -2.58. The first-order chi connectivity index (χ1) is 11.9. The number of carbonyl (C=O) groups excluding carboxylic acids is 1. The second-order valence-corrected chi connectivity index (χ2v) is 8.67. The van der Waals surface area contributed by atoms with Crippen LogP contribution in [-0.2, 0) is 9.53 Å². The minimum absolute atomic E-state index is 0.120. The van der Waals surface area contributed by atoms with E-state index in [0.717, 1.165) is 42.6 Å². The van der Waals surface area contributed by atoms with Crippen LogP contribution >= 0.6 is 0 Å². The molecule has 25 heavy (non-hydrogen) atoms. The Morgan fingerprint density at radius 3 is 2.36 bits per heavy atom. The standard InChI is InChI=1S/C21H28O4/c1-14-4-3-5-15(2)18(14)24-6-7-25-19(22)20-9-16-8-17(10-20)12-21(23,11-16)13-20/h3-5,16-17,23H,6-13H2,1-2H3. The highest BCUT2D eigenvalue weighted by Crippen LogP contribution is 2.61. The van der Waals surface area contributed by atoms with Crippen molar-refractivity contribution in [1.29, 1.82) is 0 Å². The van der Waals surface area contributed by atoms with E-state index < -0.39 is 11.0 Å². The maximum Gasteiger partial charge on any atom is 0.312 e. The topological polar surface area (TPSA) is 55.8 Å². The minimum atomic E-state index is -0.627. The number of esters is 1. The Balaban J connectivity index is 1.34. The molecular weight excluding hydrogens is 316 g/mol. The third kappa shape index (κ3) is 3.05. The van der Waals surface area contributed by atoms with Gasteiger partial charge in [-0.1, -0.05) is 18.2 Å². The van der Waals surface area contributed by atoms with Crippen LogP contribution in [0.15, 0.2) is 18.2 Å². The number of aryl methyl sites for hydroxylation is 2. The van der Waals surface area contributed by atoms with Crippen molar-refractivity contribution >= 4 is 5.97 Å². The number of hydrogen-bond donors (Lipinski definition) is 1. The summed E-state index contributed by atoms with van der Waals surface area (Å²) in [5.74, 6) is 1.74. The van der Waals surface area contributed by atoms with Crippen molar-refractivity contribution in [1.82, 2.24) is 0 Å². The maximum absolute atomic E-state index is 12.8. The van der Waals surface area contributed by atoms with Gasteiger partial charge in [-0.05, 0) is 75.3 Å². The highest BCUT2D eigenvalue weighted by Gasteiger charge is 2.60. The molecular formula is C21H28O4. The Labute approximate surface area is 149 Å². The average Bonchev–Trinajstić information content (AvgIpc) is 2.51. The minimum Gasteiger partial charge on any atom is -0.489 e. The van der Waals surface area contributed by atoms with Crippen LogP contribution in [-0.4, -0.2) is 29.9 Å². The number of hydrogen-bond acceptors (Lipinski definition) is 4. The van der Waals surface area contributed by atoms with Crippen molar-refractivity contribution in [2.75, 3.05) is 13.2 Å². The molecule has 4 saturated carbocycles. The van der Waals surface area contributed by atoms with Crippen molar-refractivity contribution < 1.29 is 19.4 Å². The molecule has 1 aromatic carbocycles. The van der Waals surface area contributed by atoms with E-state index in [1.54, 1.807) is 0 Å². The predicted octanol–water partition coefficient (Wildman–Crippen LogP) is 3.56. The molecule has 2 atom stereocenters. The van der Waals surface area contributed by atoms with E-state index >= 15 is 0 Å². The van der Waals surface area contributed by atoms with E-state index in [-0.39, 0.29) is 12.6 Å². The van der Waals surface area contributed by atoms with Gasteiger partial charge in [0, 0.05) is 0 Å². The predicted molar refractivity (Wildman–Crippen MR) is 94.4 cm³/mol. The molecule has 0 aromatic heterocycles. The molecule has 0 spiro atoms. The number of rotatable bonds is 5. The number of para-hydroxylation sites is 1. The zero-order valence-electron chi connectivity index (χ0n) is 15.2. The van der Waals surface area contributed by atoms with Crippen LogP contribution in [0.25, 0.3) is 0 Å². The van der Waals surface area contributed by atoms with Gasteiger partial charge in [0.15, 0.2) is 0 Å². The first-order valence-electron chi connectivity index (χ1n) is 9.48. The summed E-state index contributed by atoms with van der Waals surface area (Å²) in [7, 11) is 0. The van der Waals surface area contributed by atoms with Gasteiger partial charge in [0.05, 0.1) is 11.0 Å². The fourth-order valence-electron chi connectivity index (χ4n) is 5.91. The second kappa shape index (κ2) is 6.01. The van der Waals surface area contributed by atoms with Crippen molar-refractivity contribution in [2.45, 2.75) is 58.0 Å². The first-order valence-corrected chi connectivity index (χ1v) is 9.48.